The minimum atomic E-state index is -0.796. The number of nitrogens with one attached hydrogen (secondary N) is 1. The summed E-state index contributed by atoms with van der Waals surface area (Å²) in [5, 5.41) is 20.2. The lowest BCUT2D eigenvalue weighted by atomic mass is 10.1. The molecule has 0 radical (unpaired) electrons. The third-order valence-corrected chi connectivity index (χ3v) is 5.23. The van der Waals surface area contributed by atoms with E-state index in [-0.39, 0.29) is 17.9 Å². The van der Waals surface area contributed by atoms with Crippen LogP contribution in [0.15, 0.2) is 52.9 Å². The molecule has 148 valence electrons. The van der Waals surface area contributed by atoms with Gasteiger partial charge in [-0.25, -0.2) is 0 Å². The molecule has 0 unspecified atom stereocenters. The van der Waals surface area contributed by atoms with Crippen LogP contribution in [0.4, 0.5) is 0 Å². The zero-order chi connectivity index (χ0) is 20.4. The Labute approximate surface area is 167 Å². The Hall–Kier alpha value is -3.48. The van der Waals surface area contributed by atoms with Gasteiger partial charge in [0.15, 0.2) is 0 Å². The van der Waals surface area contributed by atoms with Crippen LogP contribution in [0, 0.1) is 12.8 Å². The first-order chi connectivity index (χ1) is 14.0. The van der Waals surface area contributed by atoms with Gasteiger partial charge < -0.3 is 14.8 Å². The van der Waals surface area contributed by atoms with Crippen molar-refractivity contribution in [3.8, 4) is 22.9 Å². The zero-order valence-electron chi connectivity index (χ0n) is 16.0. The van der Waals surface area contributed by atoms with Crippen LogP contribution >= 0.6 is 0 Å². The van der Waals surface area contributed by atoms with Crippen LogP contribution in [-0.4, -0.2) is 33.2 Å². The summed E-state index contributed by atoms with van der Waals surface area (Å²) < 4.78 is 5.76. The molecule has 2 aromatic carbocycles. The summed E-state index contributed by atoms with van der Waals surface area (Å²) in [6.07, 6.45) is 1.76. The van der Waals surface area contributed by atoms with E-state index in [1.807, 2.05) is 31.2 Å². The number of carboxylic acid groups (broad SMARTS) is 1. The highest BCUT2D eigenvalue weighted by molar-refractivity contribution is 5.94. The molecule has 1 fully saturated rings. The first kappa shape index (κ1) is 18.9. The smallest absolute Gasteiger partial charge is 0.306 e. The minimum absolute atomic E-state index is 0.101. The maximum Gasteiger partial charge on any atom is 0.306 e. The summed E-state index contributed by atoms with van der Waals surface area (Å²) in [5.41, 5.74) is 3.23. The maximum atomic E-state index is 12.4. The van der Waals surface area contributed by atoms with Crippen molar-refractivity contribution in [2.75, 3.05) is 0 Å². The molecule has 29 heavy (non-hydrogen) atoms. The molecule has 4 rings (SSSR count). The predicted octanol–water partition coefficient (Wildman–Crippen LogP) is 3.70. The van der Waals surface area contributed by atoms with Crippen molar-refractivity contribution in [2.24, 2.45) is 5.92 Å². The Bertz CT molecular complexity index is 1020. The van der Waals surface area contributed by atoms with E-state index in [9.17, 15) is 9.59 Å². The number of aliphatic carboxylic acids is 1. The van der Waals surface area contributed by atoms with Crippen molar-refractivity contribution in [3.63, 3.8) is 0 Å². The molecule has 1 aromatic heterocycles. The maximum absolute atomic E-state index is 12.4. The van der Waals surface area contributed by atoms with Crippen LogP contribution in [0.5, 0.6) is 0 Å². The average Bonchev–Trinajstić information content (AvgIpc) is 3.39. The molecule has 1 aliphatic carbocycles. The van der Waals surface area contributed by atoms with Gasteiger partial charge in [0.1, 0.15) is 0 Å². The normalized spacial score (nSPS) is 18.5. The number of nitrogens with zero attached hydrogens (tertiary/aromatic N) is 2. The van der Waals surface area contributed by atoms with Crippen molar-refractivity contribution < 1.29 is 19.1 Å². The molecule has 1 heterocycles. The summed E-state index contributed by atoms with van der Waals surface area (Å²) in [4.78, 5) is 23.5. The molecule has 1 saturated carbocycles. The van der Waals surface area contributed by atoms with Gasteiger partial charge in [0, 0.05) is 22.7 Å². The summed E-state index contributed by atoms with van der Waals surface area (Å²) in [6, 6.07) is 14.6. The van der Waals surface area contributed by atoms with E-state index >= 15 is 0 Å². The fourth-order valence-corrected chi connectivity index (χ4v) is 3.52. The number of amides is 1. The summed E-state index contributed by atoms with van der Waals surface area (Å²) in [5.74, 6) is -0.555. The second-order valence-electron chi connectivity index (χ2n) is 7.37. The number of carbonyl (C=O) groups is 2. The largest absolute Gasteiger partial charge is 0.481 e. The van der Waals surface area contributed by atoms with Gasteiger partial charge in [0.25, 0.3) is 5.91 Å². The lowest BCUT2D eigenvalue weighted by Crippen LogP contribution is -2.33. The predicted molar refractivity (Wildman–Crippen MR) is 106 cm³/mol. The van der Waals surface area contributed by atoms with Crippen LogP contribution in [0.25, 0.3) is 22.9 Å². The lowest BCUT2D eigenvalue weighted by Gasteiger charge is -2.12. The first-order valence-electron chi connectivity index (χ1n) is 9.54. The van der Waals surface area contributed by atoms with Gasteiger partial charge in [-0.3, -0.25) is 9.59 Å². The van der Waals surface area contributed by atoms with E-state index in [0.29, 0.717) is 36.6 Å². The van der Waals surface area contributed by atoms with Gasteiger partial charge >= 0.3 is 5.97 Å². The van der Waals surface area contributed by atoms with Crippen LogP contribution in [0.2, 0.25) is 0 Å². The van der Waals surface area contributed by atoms with Gasteiger partial charge in [-0.05, 0) is 62.6 Å². The van der Waals surface area contributed by atoms with Gasteiger partial charge in [0.05, 0.1) is 5.92 Å². The molecular weight excluding hydrogens is 370 g/mol. The Morgan fingerprint density at radius 3 is 2.10 bits per heavy atom. The molecule has 0 aliphatic heterocycles. The number of carboxylic acids is 1. The van der Waals surface area contributed by atoms with Crippen LogP contribution in [0.1, 0.15) is 35.2 Å². The van der Waals surface area contributed by atoms with Gasteiger partial charge in [-0.1, -0.05) is 17.7 Å². The van der Waals surface area contributed by atoms with E-state index in [1.54, 1.807) is 24.3 Å². The number of aromatic nitrogens is 2. The minimum Gasteiger partial charge on any atom is -0.481 e. The average molecular weight is 391 g/mol. The van der Waals surface area contributed by atoms with Crippen LogP contribution < -0.4 is 5.32 Å². The molecule has 7 heteroatoms. The molecule has 7 nitrogen and oxygen atoms in total. The molecule has 3 aromatic rings. The number of carbonyl (C=O) groups excluding carboxylic acids is 1. The Morgan fingerprint density at radius 2 is 1.55 bits per heavy atom. The van der Waals surface area contributed by atoms with Crippen LogP contribution in [-0.2, 0) is 4.79 Å². The molecule has 0 saturated heterocycles. The van der Waals surface area contributed by atoms with E-state index in [4.69, 9.17) is 9.52 Å². The summed E-state index contributed by atoms with van der Waals surface area (Å²) >= 11 is 0. The van der Waals surface area contributed by atoms with Crippen LogP contribution in [0.3, 0.4) is 0 Å². The lowest BCUT2D eigenvalue weighted by molar-refractivity contribution is -0.141. The van der Waals surface area contributed by atoms with Crippen molar-refractivity contribution >= 4 is 11.9 Å². The Balaban J connectivity index is 1.42. The highest BCUT2D eigenvalue weighted by atomic mass is 16.4. The molecule has 0 bridgehead atoms. The van der Waals surface area contributed by atoms with Gasteiger partial charge in [-0.2, -0.15) is 0 Å². The van der Waals surface area contributed by atoms with Crippen molar-refractivity contribution in [1.82, 2.24) is 15.5 Å². The number of hydrogen-bond donors (Lipinski definition) is 2. The highest BCUT2D eigenvalue weighted by Crippen LogP contribution is 2.27. The summed E-state index contributed by atoms with van der Waals surface area (Å²) in [7, 11) is 0. The fraction of sp³-hybridized carbons (Fsp3) is 0.273. The summed E-state index contributed by atoms with van der Waals surface area (Å²) in [6.45, 7) is 2.01. The second kappa shape index (κ2) is 7.87. The standard InChI is InChI=1S/C22H21N3O4/c1-13-2-4-15(5-3-13)20-24-25-21(29-20)16-8-6-14(7-9-16)19(26)23-18-11-10-17(12-18)22(27)28/h2-9,17-18H,10-12H2,1H3,(H,23,26)(H,27,28)/t17-,18+/m1/s1. The number of hydrogen-bond acceptors (Lipinski definition) is 5. The quantitative estimate of drug-likeness (QED) is 0.687. The number of benzene rings is 2. The second-order valence-corrected chi connectivity index (χ2v) is 7.37. The van der Waals surface area contributed by atoms with E-state index in [1.165, 1.54) is 0 Å². The third kappa shape index (κ3) is 4.18. The molecule has 2 atom stereocenters. The highest BCUT2D eigenvalue weighted by Gasteiger charge is 2.30. The van der Waals surface area contributed by atoms with E-state index in [2.05, 4.69) is 15.5 Å². The molecule has 1 aliphatic rings. The van der Waals surface area contributed by atoms with Gasteiger partial charge in [-0.15, -0.1) is 10.2 Å². The topological polar surface area (TPSA) is 105 Å². The fourth-order valence-electron chi connectivity index (χ4n) is 3.52. The van der Waals surface area contributed by atoms with Crippen molar-refractivity contribution in [3.05, 3.63) is 59.7 Å². The number of rotatable bonds is 5. The molecule has 0 spiro atoms. The van der Waals surface area contributed by atoms with Crippen molar-refractivity contribution in [2.45, 2.75) is 32.2 Å². The van der Waals surface area contributed by atoms with Gasteiger partial charge in [0.2, 0.25) is 11.8 Å². The first-order valence-corrected chi connectivity index (χ1v) is 9.54. The molecular formula is C22H21N3O4. The zero-order valence-corrected chi connectivity index (χ0v) is 16.0. The van der Waals surface area contributed by atoms with E-state index in [0.717, 1.165) is 16.7 Å². The van der Waals surface area contributed by atoms with E-state index < -0.39 is 5.97 Å². The molecule has 1 amide bonds. The Morgan fingerprint density at radius 1 is 0.966 bits per heavy atom. The SMILES string of the molecule is Cc1ccc(-c2nnc(-c3ccc(C(=O)N[C@H]4CC[C@@H](C(=O)O)C4)cc3)o2)cc1. The van der Waals surface area contributed by atoms with Crippen molar-refractivity contribution in [1.29, 1.82) is 0 Å². The monoisotopic (exact) mass is 391 g/mol. The third-order valence-electron chi connectivity index (χ3n) is 5.23. The molecule has 2 N–H and O–H groups in total. The Kier molecular flexibility index (Phi) is 5.12. The number of aryl methyl sites for hydroxylation is 1.